The van der Waals surface area contributed by atoms with E-state index in [-0.39, 0.29) is 16.7 Å². The third-order valence-electron chi connectivity index (χ3n) is 1.43. The Morgan fingerprint density at radius 2 is 2.25 bits per heavy atom. The lowest BCUT2D eigenvalue weighted by atomic mass is 10.2. The zero-order valence-corrected chi connectivity index (χ0v) is 7.22. The predicted molar refractivity (Wildman–Crippen MR) is 47.3 cm³/mol. The largest absolute Gasteiger partial charge is 0.504 e. The number of ether oxygens (including phenoxy) is 1. The Kier molecular flexibility index (Phi) is 2.55. The third-order valence-corrected chi connectivity index (χ3v) is 1.64. The molecule has 0 saturated carbocycles. The molecule has 3 nitrogen and oxygen atoms in total. The predicted octanol–water partition coefficient (Wildman–Crippen LogP) is 1.96. The van der Waals surface area contributed by atoms with Crippen molar-refractivity contribution in [1.29, 1.82) is 5.41 Å². The van der Waals surface area contributed by atoms with Crippen molar-refractivity contribution in [2.24, 2.45) is 0 Å². The Balaban J connectivity index is 3.27. The number of nitrogens with one attached hydrogen (secondary N) is 1. The molecule has 0 heterocycles. The van der Waals surface area contributed by atoms with Gasteiger partial charge >= 0.3 is 0 Å². The van der Waals surface area contributed by atoms with Gasteiger partial charge in [0.15, 0.2) is 11.5 Å². The summed E-state index contributed by atoms with van der Waals surface area (Å²) in [7, 11) is 1.42. The van der Waals surface area contributed by atoms with E-state index < -0.39 is 0 Å². The molecule has 0 spiro atoms. The molecule has 12 heavy (non-hydrogen) atoms. The van der Waals surface area contributed by atoms with Crippen molar-refractivity contribution in [3.05, 3.63) is 23.8 Å². The minimum atomic E-state index is -0.150. The van der Waals surface area contributed by atoms with E-state index >= 15 is 0 Å². The van der Waals surface area contributed by atoms with Crippen LogP contribution in [-0.4, -0.2) is 17.4 Å². The Morgan fingerprint density at radius 1 is 1.58 bits per heavy atom. The van der Waals surface area contributed by atoms with Crippen molar-refractivity contribution in [2.45, 2.75) is 0 Å². The van der Waals surface area contributed by atoms with Crippen LogP contribution in [0.4, 0.5) is 0 Å². The SMILES string of the molecule is COc1c(O)cccc1C(=N)Cl. The topological polar surface area (TPSA) is 53.3 Å². The first kappa shape index (κ1) is 8.87. The highest BCUT2D eigenvalue weighted by Gasteiger charge is 2.09. The number of hydrogen-bond acceptors (Lipinski definition) is 3. The Labute approximate surface area is 75.1 Å². The van der Waals surface area contributed by atoms with Crippen LogP contribution in [0.15, 0.2) is 18.2 Å². The van der Waals surface area contributed by atoms with Gasteiger partial charge in [0.2, 0.25) is 0 Å². The second-order valence-corrected chi connectivity index (χ2v) is 2.55. The molecule has 64 valence electrons. The van der Waals surface area contributed by atoms with Crippen LogP contribution < -0.4 is 4.74 Å². The van der Waals surface area contributed by atoms with E-state index in [0.717, 1.165) is 0 Å². The van der Waals surface area contributed by atoms with Gasteiger partial charge in [-0.05, 0) is 12.1 Å². The highest BCUT2D eigenvalue weighted by atomic mass is 35.5. The third kappa shape index (κ3) is 1.51. The standard InChI is InChI=1S/C8H8ClNO2/c1-12-7-5(8(9)10)3-2-4-6(7)11/h2-4,10-11H,1H3. The van der Waals surface area contributed by atoms with Crippen molar-refractivity contribution in [3.63, 3.8) is 0 Å². The zero-order valence-electron chi connectivity index (χ0n) is 6.47. The quantitative estimate of drug-likeness (QED) is 0.693. The highest BCUT2D eigenvalue weighted by molar-refractivity contribution is 6.69. The van der Waals surface area contributed by atoms with E-state index in [1.165, 1.54) is 13.2 Å². The molecule has 0 aliphatic rings. The molecule has 0 aliphatic carbocycles. The molecular formula is C8H8ClNO2. The molecule has 2 N–H and O–H groups in total. The van der Waals surface area contributed by atoms with Crippen LogP contribution in [0, 0.1) is 5.41 Å². The summed E-state index contributed by atoms with van der Waals surface area (Å²) in [5, 5.41) is 16.3. The molecule has 4 heteroatoms. The summed E-state index contributed by atoms with van der Waals surface area (Å²) >= 11 is 5.45. The lowest BCUT2D eigenvalue weighted by molar-refractivity contribution is 0.373. The van der Waals surface area contributed by atoms with Crippen molar-refractivity contribution in [2.75, 3.05) is 7.11 Å². The Hall–Kier alpha value is -1.22. The van der Waals surface area contributed by atoms with Gasteiger partial charge in [0.05, 0.1) is 12.7 Å². The van der Waals surface area contributed by atoms with Gasteiger partial charge in [-0.25, -0.2) is 0 Å². The summed E-state index contributed by atoms with van der Waals surface area (Å²) in [5.41, 5.74) is 0.388. The monoisotopic (exact) mass is 185 g/mol. The number of para-hydroxylation sites is 1. The summed E-state index contributed by atoms with van der Waals surface area (Å²) < 4.78 is 4.86. The summed E-state index contributed by atoms with van der Waals surface area (Å²) in [6.07, 6.45) is 0. The number of halogens is 1. The van der Waals surface area contributed by atoms with Crippen LogP contribution in [0.25, 0.3) is 0 Å². The molecule has 0 bridgehead atoms. The van der Waals surface area contributed by atoms with Gasteiger partial charge in [-0.15, -0.1) is 0 Å². The number of phenols is 1. The molecule has 0 atom stereocenters. The molecule has 0 unspecified atom stereocenters. The molecule has 0 saturated heterocycles. The first-order valence-electron chi connectivity index (χ1n) is 3.27. The van der Waals surface area contributed by atoms with Crippen molar-refractivity contribution in [1.82, 2.24) is 0 Å². The molecule has 0 radical (unpaired) electrons. The van der Waals surface area contributed by atoms with Crippen molar-refractivity contribution in [3.8, 4) is 11.5 Å². The maximum atomic E-state index is 9.26. The molecular weight excluding hydrogens is 178 g/mol. The average molecular weight is 186 g/mol. The van der Waals surface area contributed by atoms with Crippen LogP contribution in [0.3, 0.4) is 0 Å². The van der Waals surface area contributed by atoms with E-state index in [0.29, 0.717) is 5.56 Å². The first-order chi connectivity index (χ1) is 5.66. The number of aromatic hydroxyl groups is 1. The second kappa shape index (κ2) is 3.45. The maximum absolute atomic E-state index is 9.26. The molecule has 0 aromatic heterocycles. The fourth-order valence-corrected chi connectivity index (χ4v) is 1.06. The fraction of sp³-hybridized carbons (Fsp3) is 0.125. The van der Waals surface area contributed by atoms with E-state index in [2.05, 4.69) is 0 Å². The lowest BCUT2D eigenvalue weighted by Gasteiger charge is -2.06. The van der Waals surface area contributed by atoms with Crippen molar-refractivity contribution < 1.29 is 9.84 Å². The van der Waals surface area contributed by atoms with Crippen LogP contribution in [0.2, 0.25) is 0 Å². The molecule has 1 rings (SSSR count). The van der Waals surface area contributed by atoms with E-state index in [1.807, 2.05) is 0 Å². The number of hydrogen-bond donors (Lipinski definition) is 2. The maximum Gasteiger partial charge on any atom is 0.170 e. The summed E-state index contributed by atoms with van der Waals surface area (Å²) in [6, 6.07) is 4.68. The van der Waals surface area contributed by atoms with Gasteiger partial charge in [-0.3, -0.25) is 5.41 Å². The van der Waals surface area contributed by atoms with Crippen LogP contribution in [0.5, 0.6) is 11.5 Å². The normalized spacial score (nSPS) is 9.50. The summed E-state index contributed by atoms with van der Waals surface area (Å²) in [4.78, 5) is 0. The minimum Gasteiger partial charge on any atom is -0.504 e. The van der Waals surface area contributed by atoms with E-state index in [9.17, 15) is 5.11 Å². The average Bonchev–Trinajstić information content (AvgIpc) is 2.03. The van der Waals surface area contributed by atoms with Crippen LogP contribution >= 0.6 is 11.6 Å². The highest BCUT2D eigenvalue weighted by Crippen LogP contribution is 2.30. The van der Waals surface area contributed by atoms with E-state index in [4.69, 9.17) is 21.7 Å². The zero-order chi connectivity index (χ0) is 9.14. The number of rotatable bonds is 2. The second-order valence-electron chi connectivity index (χ2n) is 2.17. The van der Waals surface area contributed by atoms with Gasteiger partial charge in [-0.1, -0.05) is 17.7 Å². The lowest BCUT2D eigenvalue weighted by Crippen LogP contribution is -1.94. The van der Waals surface area contributed by atoms with Gasteiger partial charge in [0.1, 0.15) is 5.17 Å². The molecule has 0 fully saturated rings. The molecule has 1 aromatic carbocycles. The molecule has 0 amide bonds. The Morgan fingerprint density at radius 3 is 2.67 bits per heavy atom. The number of phenolic OH excluding ortho intramolecular Hbond substituents is 1. The van der Waals surface area contributed by atoms with Crippen LogP contribution in [0.1, 0.15) is 5.56 Å². The van der Waals surface area contributed by atoms with Crippen LogP contribution in [-0.2, 0) is 0 Å². The van der Waals surface area contributed by atoms with Gasteiger partial charge in [0, 0.05) is 0 Å². The number of methoxy groups -OCH3 is 1. The van der Waals surface area contributed by atoms with Gasteiger partial charge < -0.3 is 9.84 Å². The van der Waals surface area contributed by atoms with Crippen molar-refractivity contribution >= 4 is 16.8 Å². The number of benzene rings is 1. The smallest absolute Gasteiger partial charge is 0.170 e. The Bertz CT molecular complexity index is 312. The summed E-state index contributed by atoms with van der Waals surface area (Å²) in [5.74, 6) is 0.220. The fourth-order valence-electron chi connectivity index (χ4n) is 0.912. The summed E-state index contributed by atoms with van der Waals surface area (Å²) in [6.45, 7) is 0. The molecule has 1 aromatic rings. The molecule has 0 aliphatic heterocycles. The van der Waals surface area contributed by atoms with Gasteiger partial charge in [0.25, 0.3) is 0 Å². The first-order valence-corrected chi connectivity index (χ1v) is 3.65. The minimum absolute atomic E-state index is 0.0135. The van der Waals surface area contributed by atoms with Gasteiger partial charge in [-0.2, -0.15) is 0 Å². The van der Waals surface area contributed by atoms with E-state index in [1.54, 1.807) is 12.1 Å².